The molecule has 0 bridgehead atoms. The Morgan fingerprint density at radius 3 is 2.24 bits per heavy atom. The van der Waals surface area contributed by atoms with Crippen LogP contribution in [-0.4, -0.2) is 35.1 Å². The number of hydrogen-bond acceptors (Lipinski definition) is 4. The second-order valence-electron chi connectivity index (χ2n) is 10.1. The van der Waals surface area contributed by atoms with Gasteiger partial charge in [0.25, 0.3) is 10.0 Å². The number of carboxylic acids is 1. The molecule has 2 heterocycles. The molecule has 194 valence electrons. The zero-order valence-electron chi connectivity index (χ0n) is 21.0. The molecule has 0 amide bonds. The number of carbonyl (C=O) groups is 1. The molecule has 0 saturated heterocycles. The third-order valence-electron chi connectivity index (χ3n) is 6.07. The SMILES string of the molecule is Cc1ccnc(-n2cc(C)c3cc(N(C(C(=O)O)C(C)(C)C)S(=O)(=O)c4cc(Cl)cc(Cl)c4)ccc32)c1. The van der Waals surface area contributed by atoms with Crippen molar-refractivity contribution in [2.45, 2.75) is 45.6 Å². The largest absolute Gasteiger partial charge is 0.480 e. The van der Waals surface area contributed by atoms with Crippen molar-refractivity contribution in [1.82, 2.24) is 9.55 Å². The van der Waals surface area contributed by atoms with Crippen molar-refractivity contribution >= 4 is 55.8 Å². The van der Waals surface area contributed by atoms with Gasteiger partial charge in [0.15, 0.2) is 0 Å². The van der Waals surface area contributed by atoms with Crippen molar-refractivity contribution in [3.05, 3.63) is 82.1 Å². The van der Waals surface area contributed by atoms with Gasteiger partial charge in [-0.25, -0.2) is 18.2 Å². The van der Waals surface area contributed by atoms with E-state index in [1.54, 1.807) is 45.2 Å². The Morgan fingerprint density at radius 2 is 1.68 bits per heavy atom. The van der Waals surface area contributed by atoms with E-state index in [1.165, 1.54) is 18.2 Å². The van der Waals surface area contributed by atoms with Crippen LogP contribution in [0.25, 0.3) is 16.7 Å². The summed E-state index contributed by atoms with van der Waals surface area (Å²) in [7, 11) is -4.39. The quantitative estimate of drug-likeness (QED) is 0.285. The highest BCUT2D eigenvalue weighted by atomic mass is 35.5. The average molecular weight is 561 g/mol. The lowest BCUT2D eigenvalue weighted by Crippen LogP contribution is -2.52. The molecule has 0 aliphatic carbocycles. The fourth-order valence-electron chi connectivity index (χ4n) is 4.40. The minimum Gasteiger partial charge on any atom is -0.480 e. The van der Waals surface area contributed by atoms with E-state index in [9.17, 15) is 18.3 Å². The van der Waals surface area contributed by atoms with Crippen molar-refractivity contribution in [2.75, 3.05) is 4.31 Å². The van der Waals surface area contributed by atoms with Crippen LogP contribution in [0.2, 0.25) is 10.0 Å². The second kappa shape index (κ2) is 9.67. The van der Waals surface area contributed by atoms with Crippen LogP contribution in [-0.2, 0) is 14.8 Å². The number of anilines is 1. The van der Waals surface area contributed by atoms with Gasteiger partial charge in [-0.2, -0.15) is 0 Å². The Labute approximate surface area is 226 Å². The van der Waals surface area contributed by atoms with Gasteiger partial charge in [-0.05, 0) is 78.9 Å². The Morgan fingerprint density at radius 1 is 1.03 bits per heavy atom. The molecule has 0 spiro atoms. The lowest BCUT2D eigenvalue weighted by Gasteiger charge is -2.37. The fraction of sp³-hybridized carbons (Fsp3) is 0.259. The first kappa shape index (κ1) is 27.0. The van der Waals surface area contributed by atoms with Gasteiger partial charge in [-0.3, -0.25) is 4.31 Å². The van der Waals surface area contributed by atoms with Crippen molar-refractivity contribution in [2.24, 2.45) is 5.41 Å². The van der Waals surface area contributed by atoms with Crippen LogP contribution in [0.1, 0.15) is 31.9 Å². The summed E-state index contributed by atoms with van der Waals surface area (Å²) in [5, 5.41) is 11.3. The lowest BCUT2D eigenvalue weighted by atomic mass is 9.86. The number of pyridine rings is 1. The van der Waals surface area contributed by atoms with Gasteiger partial charge in [0.05, 0.1) is 16.1 Å². The second-order valence-corrected chi connectivity index (χ2v) is 12.8. The summed E-state index contributed by atoms with van der Waals surface area (Å²) in [4.78, 5) is 16.8. The standard InChI is InChI=1S/C27H27Cl2N3O4S/c1-16-8-9-30-24(10-16)31-15-17(2)22-14-20(6-7-23(22)31)32(25(26(33)34)27(3,4)5)37(35,36)21-12-18(28)11-19(29)13-21/h6-15,25H,1-5H3,(H,33,34). The fourth-order valence-corrected chi connectivity index (χ4v) is 6.91. The van der Waals surface area contributed by atoms with Crippen molar-refractivity contribution in [1.29, 1.82) is 0 Å². The van der Waals surface area contributed by atoms with Crippen molar-refractivity contribution in [3.63, 3.8) is 0 Å². The number of carboxylic acid groups (broad SMARTS) is 1. The molecule has 37 heavy (non-hydrogen) atoms. The highest BCUT2D eigenvalue weighted by Gasteiger charge is 2.43. The molecule has 0 aliphatic heterocycles. The van der Waals surface area contributed by atoms with Gasteiger partial charge >= 0.3 is 5.97 Å². The first-order valence-electron chi connectivity index (χ1n) is 11.5. The van der Waals surface area contributed by atoms with Gasteiger partial charge in [-0.1, -0.05) is 44.0 Å². The number of sulfonamides is 1. The number of aryl methyl sites for hydroxylation is 2. The summed E-state index contributed by atoms with van der Waals surface area (Å²) >= 11 is 12.2. The highest BCUT2D eigenvalue weighted by Crippen LogP contribution is 2.38. The number of hydrogen-bond donors (Lipinski definition) is 1. The molecule has 0 saturated carbocycles. The molecule has 0 radical (unpaired) electrons. The lowest BCUT2D eigenvalue weighted by molar-refractivity contribution is -0.140. The smallest absolute Gasteiger partial charge is 0.328 e. The summed E-state index contributed by atoms with van der Waals surface area (Å²) in [5.41, 5.74) is 2.00. The molecule has 4 aromatic rings. The molecule has 2 aromatic carbocycles. The molecule has 0 aliphatic rings. The molecule has 4 rings (SSSR count). The normalized spacial score (nSPS) is 13.1. The zero-order valence-corrected chi connectivity index (χ0v) is 23.4. The maximum atomic E-state index is 14.0. The predicted octanol–water partition coefficient (Wildman–Crippen LogP) is 6.64. The molecule has 1 unspecified atom stereocenters. The summed E-state index contributed by atoms with van der Waals surface area (Å²) < 4.78 is 31.0. The molecule has 1 N–H and O–H groups in total. The van der Waals surface area contributed by atoms with E-state index in [4.69, 9.17) is 23.2 Å². The van der Waals surface area contributed by atoms with Gasteiger partial charge in [0.1, 0.15) is 11.9 Å². The molecule has 10 heteroatoms. The summed E-state index contributed by atoms with van der Waals surface area (Å²) in [5.74, 6) is -0.551. The maximum absolute atomic E-state index is 14.0. The third kappa shape index (κ3) is 5.19. The van der Waals surface area contributed by atoms with E-state index in [-0.39, 0.29) is 20.6 Å². The van der Waals surface area contributed by atoms with Crippen LogP contribution in [0.3, 0.4) is 0 Å². The van der Waals surface area contributed by atoms with Gasteiger partial charge in [-0.15, -0.1) is 0 Å². The van der Waals surface area contributed by atoms with Crippen LogP contribution >= 0.6 is 23.2 Å². The van der Waals surface area contributed by atoms with Gasteiger partial charge in [0.2, 0.25) is 0 Å². The molecular formula is C27H27Cl2N3O4S. The number of aliphatic carboxylic acids is 1. The first-order valence-corrected chi connectivity index (χ1v) is 13.7. The number of halogens is 2. The predicted molar refractivity (Wildman–Crippen MR) is 148 cm³/mol. The minimum atomic E-state index is -4.39. The van der Waals surface area contributed by atoms with E-state index in [2.05, 4.69) is 4.98 Å². The molecule has 1 atom stereocenters. The molecule has 2 aromatic heterocycles. The van der Waals surface area contributed by atoms with Crippen LogP contribution in [0.15, 0.2) is 65.8 Å². The van der Waals surface area contributed by atoms with Crippen LogP contribution in [0, 0.1) is 19.3 Å². The van der Waals surface area contributed by atoms with E-state index in [0.717, 1.165) is 32.2 Å². The monoisotopic (exact) mass is 559 g/mol. The first-order chi connectivity index (χ1) is 17.2. The van der Waals surface area contributed by atoms with E-state index in [1.807, 2.05) is 36.7 Å². The minimum absolute atomic E-state index is 0.127. The Hall–Kier alpha value is -3.07. The molecule has 0 fully saturated rings. The van der Waals surface area contributed by atoms with Gasteiger partial charge in [0, 0.05) is 27.8 Å². The van der Waals surface area contributed by atoms with E-state index >= 15 is 0 Å². The number of nitrogens with zero attached hydrogens (tertiary/aromatic N) is 3. The third-order valence-corrected chi connectivity index (χ3v) is 8.28. The van der Waals surface area contributed by atoms with Crippen LogP contribution < -0.4 is 4.31 Å². The zero-order chi connectivity index (χ0) is 27.3. The number of fused-ring (bicyclic) bond motifs is 1. The Bertz CT molecular complexity index is 1600. The molecular weight excluding hydrogens is 533 g/mol. The number of benzene rings is 2. The number of aromatic nitrogens is 2. The maximum Gasteiger partial charge on any atom is 0.328 e. The Balaban J connectivity index is 1.98. The summed E-state index contributed by atoms with van der Waals surface area (Å²) in [6, 6.07) is 11.5. The highest BCUT2D eigenvalue weighted by molar-refractivity contribution is 7.93. The van der Waals surface area contributed by atoms with E-state index < -0.39 is 27.4 Å². The van der Waals surface area contributed by atoms with Crippen molar-refractivity contribution in [3.8, 4) is 5.82 Å². The molecule has 7 nitrogen and oxygen atoms in total. The van der Waals surface area contributed by atoms with Gasteiger partial charge < -0.3 is 9.67 Å². The van der Waals surface area contributed by atoms with Crippen LogP contribution in [0.5, 0.6) is 0 Å². The summed E-state index contributed by atoms with van der Waals surface area (Å²) in [6.07, 6.45) is 3.65. The average Bonchev–Trinajstić information content (AvgIpc) is 3.11. The van der Waals surface area contributed by atoms with E-state index in [0.29, 0.717) is 0 Å². The van der Waals surface area contributed by atoms with Crippen molar-refractivity contribution < 1.29 is 18.3 Å². The van der Waals surface area contributed by atoms with Crippen LogP contribution in [0.4, 0.5) is 5.69 Å². The Kier molecular flexibility index (Phi) is 7.05. The summed E-state index contributed by atoms with van der Waals surface area (Å²) in [6.45, 7) is 8.94. The number of rotatable bonds is 6. The topological polar surface area (TPSA) is 92.5 Å².